The highest BCUT2D eigenvalue weighted by Gasteiger charge is 2.44. The summed E-state index contributed by atoms with van der Waals surface area (Å²) in [5.41, 5.74) is 2.29. The van der Waals surface area contributed by atoms with Crippen LogP contribution < -0.4 is 5.32 Å². The molecule has 0 radical (unpaired) electrons. The minimum absolute atomic E-state index is 0.0723. The second-order valence-corrected chi connectivity index (χ2v) is 8.62. The molecule has 0 bridgehead atoms. The van der Waals surface area contributed by atoms with Gasteiger partial charge in [0.2, 0.25) is 5.91 Å². The maximum atomic E-state index is 13.7. The number of ether oxygens (including phenoxy) is 1. The van der Waals surface area contributed by atoms with E-state index >= 15 is 0 Å². The Kier molecular flexibility index (Phi) is 6.48. The number of fused-ring (bicyclic) bond motifs is 1. The first-order chi connectivity index (χ1) is 15.5. The van der Waals surface area contributed by atoms with Crippen LogP contribution in [0.5, 0.6) is 0 Å². The van der Waals surface area contributed by atoms with Gasteiger partial charge in [0.1, 0.15) is 0 Å². The molecule has 32 heavy (non-hydrogen) atoms. The van der Waals surface area contributed by atoms with E-state index in [2.05, 4.69) is 5.32 Å². The zero-order chi connectivity index (χ0) is 22.7. The van der Waals surface area contributed by atoms with Gasteiger partial charge in [-0.2, -0.15) is 0 Å². The molecule has 4 rings (SSSR count). The van der Waals surface area contributed by atoms with Crippen molar-refractivity contribution in [3.8, 4) is 0 Å². The summed E-state index contributed by atoms with van der Waals surface area (Å²) in [6.45, 7) is 2.23. The topological polar surface area (TPSA) is 75.7 Å². The third-order valence-corrected chi connectivity index (χ3v) is 6.57. The standard InChI is InChI=1S/C25H24N2O4S/c1-16(28)17-7-5-8-18(15-17)26-24(29)22-19-9-3-4-10-20(19)25(30)27(12-13-31-2)23(22)21-11-6-14-32-21/h3-11,14-15,22-23H,12-13H2,1-2H3,(H,26,29)/t22-,23+/m1/s1. The fourth-order valence-corrected chi connectivity index (χ4v) is 5.00. The van der Waals surface area contributed by atoms with Gasteiger partial charge in [-0.1, -0.05) is 36.4 Å². The minimum Gasteiger partial charge on any atom is -0.383 e. The van der Waals surface area contributed by atoms with E-state index in [0.29, 0.717) is 35.5 Å². The zero-order valence-corrected chi connectivity index (χ0v) is 18.7. The first-order valence-electron chi connectivity index (χ1n) is 10.4. The van der Waals surface area contributed by atoms with Crippen LogP contribution in [-0.2, 0) is 9.53 Å². The molecule has 0 unspecified atom stereocenters. The number of ketones is 1. The lowest BCUT2D eigenvalue weighted by Crippen LogP contribution is -2.47. The summed E-state index contributed by atoms with van der Waals surface area (Å²) in [6.07, 6.45) is 0. The number of hydrogen-bond acceptors (Lipinski definition) is 5. The van der Waals surface area contributed by atoms with Crippen LogP contribution in [-0.4, -0.2) is 42.8 Å². The summed E-state index contributed by atoms with van der Waals surface area (Å²) < 4.78 is 5.25. The molecule has 6 nitrogen and oxygen atoms in total. The largest absolute Gasteiger partial charge is 0.383 e. The van der Waals surface area contributed by atoms with Gasteiger partial charge >= 0.3 is 0 Å². The van der Waals surface area contributed by atoms with Crippen LogP contribution >= 0.6 is 11.3 Å². The molecule has 0 aliphatic carbocycles. The number of carbonyl (C=O) groups is 3. The molecule has 7 heteroatoms. The van der Waals surface area contributed by atoms with E-state index < -0.39 is 12.0 Å². The zero-order valence-electron chi connectivity index (χ0n) is 17.9. The van der Waals surface area contributed by atoms with Crippen molar-refractivity contribution in [2.75, 3.05) is 25.6 Å². The van der Waals surface area contributed by atoms with E-state index in [4.69, 9.17) is 4.74 Å². The molecule has 0 saturated heterocycles. The Labute approximate surface area is 190 Å². The van der Waals surface area contributed by atoms with E-state index in [0.717, 1.165) is 4.88 Å². The third-order valence-electron chi connectivity index (χ3n) is 5.63. The average molecular weight is 449 g/mol. The monoisotopic (exact) mass is 448 g/mol. The van der Waals surface area contributed by atoms with E-state index in [9.17, 15) is 14.4 Å². The van der Waals surface area contributed by atoms with Crippen molar-refractivity contribution < 1.29 is 19.1 Å². The third kappa shape index (κ3) is 4.22. The number of carbonyl (C=O) groups excluding carboxylic acids is 3. The van der Waals surface area contributed by atoms with Gasteiger partial charge in [-0.05, 0) is 42.1 Å². The van der Waals surface area contributed by atoms with Crippen LogP contribution in [0.3, 0.4) is 0 Å². The van der Waals surface area contributed by atoms with Gasteiger partial charge in [0.05, 0.1) is 18.6 Å². The van der Waals surface area contributed by atoms with Gasteiger partial charge in [0.15, 0.2) is 5.78 Å². The van der Waals surface area contributed by atoms with Crippen LogP contribution in [0.1, 0.15) is 50.0 Å². The predicted octanol–water partition coefficient (Wildman–Crippen LogP) is 4.52. The summed E-state index contributed by atoms with van der Waals surface area (Å²) in [5.74, 6) is -1.03. The number of hydrogen-bond donors (Lipinski definition) is 1. The Morgan fingerprint density at radius 2 is 1.91 bits per heavy atom. The van der Waals surface area contributed by atoms with Crippen molar-refractivity contribution in [3.63, 3.8) is 0 Å². The maximum absolute atomic E-state index is 13.7. The highest BCUT2D eigenvalue weighted by Crippen LogP contribution is 2.44. The Hall–Kier alpha value is -3.29. The molecule has 2 heterocycles. The van der Waals surface area contributed by atoms with Crippen LogP contribution in [0.15, 0.2) is 66.0 Å². The van der Waals surface area contributed by atoms with Gasteiger partial charge in [-0.3, -0.25) is 14.4 Å². The van der Waals surface area contributed by atoms with Crippen LogP contribution in [0.2, 0.25) is 0 Å². The molecule has 0 saturated carbocycles. The van der Waals surface area contributed by atoms with Crippen LogP contribution in [0, 0.1) is 0 Å². The lowest BCUT2D eigenvalue weighted by molar-refractivity contribution is -0.119. The summed E-state index contributed by atoms with van der Waals surface area (Å²) in [4.78, 5) is 41.5. The van der Waals surface area contributed by atoms with Gasteiger partial charge < -0.3 is 15.0 Å². The van der Waals surface area contributed by atoms with Crippen LogP contribution in [0.4, 0.5) is 5.69 Å². The molecule has 2 atom stereocenters. The lowest BCUT2D eigenvalue weighted by atomic mass is 9.81. The molecular weight excluding hydrogens is 424 g/mol. The first kappa shape index (κ1) is 21.9. The van der Waals surface area contributed by atoms with Crippen molar-refractivity contribution in [2.24, 2.45) is 0 Å². The predicted molar refractivity (Wildman–Crippen MR) is 124 cm³/mol. The summed E-state index contributed by atoms with van der Waals surface area (Å²) in [7, 11) is 1.59. The minimum atomic E-state index is -0.611. The van der Waals surface area contributed by atoms with Crippen molar-refractivity contribution in [1.82, 2.24) is 4.90 Å². The second-order valence-electron chi connectivity index (χ2n) is 7.64. The molecule has 0 fully saturated rings. The Morgan fingerprint density at radius 3 is 2.62 bits per heavy atom. The normalized spacial score (nSPS) is 17.7. The molecule has 2 amide bonds. The van der Waals surface area contributed by atoms with Crippen LogP contribution in [0.25, 0.3) is 0 Å². The fourth-order valence-electron chi connectivity index (χ4n) is 4.12. The number of nitrogens with one attached hydrogen (secondary N) is 1. The molecule has 3 aromatic rings. The quantitative estimate of drug-likeness (QED) is 0.540. The van der Waals surface area contributed by atoms with Gasteiger partial charge in [0.25, 0.3) is 5.91 Å². The molecule has 2 aromatic carbocycles. The molecular formula is C25H24N2O4S. The first-order valence-corrected chi connectivity index (χ1v) is 11.2. The number of anilines is 1. The van der Waals surface area contributed by atoms with Crippen molar-refractivity contribution in [2.45, 2.75) is 18.9 Å². The number of nitrogens with zero attached hydrogens (tertiary/aromatic N) is 1. The van der Waals surface area contributed by atoms with Gasteiger partial charge in [-0.25, -0.2) is 0 Å². The Bertz CT molecular complexity index is 1140. The smallest absolute Gasteiger partial charge is 0.254 e. The summed E-state index contributed by atoms with van der Waals surface area (Å²) >= 11 is 1.52. The molecule has 1 N–H and O–H groups in total. The molecule has 1 aliphatic heterocycles. The van der Waals surface area contributed by atoms with E-state index in [1.807, 2.05) is 35.7 Å². The summed E-state index contributed by atoms with van der Waals surface area (Å²) in [5, 5.41) is 4.92. The molecule has 1 aliphatic rings. The Balaban J connectivity index is 1.78. The summed E-state index contributed by atoms with van der Waals surface area (Å²) in [6, 6.07) is 17.6. The number of methoxy groups -OCH3 is 1. The number of rotatable bonds is 7. The van der Waals surface area contributed by atoms with E-state index in [1.54, 1.807) is 42.3 Å². The molecule has 0 spiro atoms. The van der Waals surface area contributed by atoms with E-state index in [1.165, 1.54) is 18.3 Å². The highest BCUT2D eigenvalue weighted by atomic mass is 32.1. The number of amides is 2. The number of benzene rings is 2. The number of thiophene rings is 1. The van der Waals surface area contributed by atoms with Gasteiger partial charge in [-0.15, -0.1) is 11.3 Å². The van der Waals surface area contributed by atoms with E-state index in [-0.39, 0.29) is 17.6 Å². The molecule has 1 aromatic heterocycles. The maximum Gasteiger partial charge on any atom is 0.254 e. The lowest BCUT2D eigenvalue weighted by Gasteiger charge is -2.41. The van der Waals surface area contributed by atoms with Gasteiger partial charge in [0, 0.05) is 35.3 Å². The Morgan fingerprint density at radius 1 is 1.09 bits per heavy atom. The highest BCUT2D eigenvalue weighted by molar-refractivity contribution is 7.10. The second kappa shape index (κ2) is 9.46. The van der Waals surface area contributed by atoms with Crippen molar-refractivity contribution in [3.05, 3.63) is 87.6 Å². The SMILES string of the molecule is COCCN1C(=O)c2ccccc2[C@@H](C(=O)Nc2cccc(C(C)=O)c2)[C@@H]1c1cccs1. The van der Waals surface area contributed by atoms with Crippen molar-refractivity contribution >= 4 is 34.6 Å². The number of Topliss-reactive ketones (excluding diaryl/α,β-unsaturated/α-hetero) is 1. The average Bonchev–Trinajstić information content (AvgIpc) is 3.33. The fraction of sp³-hybridized carbons (Fsp3) is 0.240. The molecule has 164 valence electrons. The van der Waals surface area contributed by atoms with Crippen molar-refractivity contribution in [1.29, 1.82) is 0 Å².